The lowest BCUT2D eigenvalue weighted by atomic mass is 10.1. The Bertz CT molecular complexity index is 459. The molecule has 0 saturated carbocycles. The van der Waals surface area contributed by atoms with Gasteiger partial charge in [-0.3, -0.25) is 9.59 Å². The molecule has 2 amide bonds. The van der Waals surface area contributed by atoms with E-state index in [0.717, 1.165) is 5.56 Å². The van der Waals surface area contributed by atoms with Crippen molar-refractivity contribution in [1.82, 2.24) is 10.2 Å². The van der Waals surface area contributed by atoms with Crippen LogP contribution < -0.4 is 5.32 Å². The molecule has 0 spiro atoms. The van der Waals surface area contributed by atoms with Gasteiger partial charge in [0.05, 0.1) is 12.5 Å². The van der Waals surface area contributed by atoms with E-state index in [1.165, 1.54) is 0 Å². The molecular formula is C13H15ClN2O2. The SMILES string of the molecule is CN1CC(NC(=O)Cc2ccc(Cl)cc2)CC1=O. The molecule has 96 valence electrons. The first-order chi connectivity index (χ1) is 8.54. The molecule has 1 aromatic carbocycles. The van der Waals surface area contributed by atoms with Crippen LogP contribution in [0.4, 0.5) is 0 Å². The maximum atomic E-state index is 11.8. The second-order valence-corrected chi connectivity index (χ2v) is 4.98. The Balaban J connectivity index is 1.86. The number of amides is 2. The highest BCUT2D eigenvalue weighted by molar-refractivity contribution is 6.30. The lowest BCUT2D eigenvalue weighted by Crippen LogP contribution is -2.37. The van der Waals surface area contributed by atoms with Gasteiger partial charge in [0.15, 0.2) is 0 Å². The van der Waals surface area contributed by atoms with Crippen molar-refractivity contribution in [1.29, 1.82) is 0 Å². The van der Waals surface area contributed by atoms with Crippen molar-refractivity contribution in [3.63, 3.8) is 0 Å². The summed E-state index contributed by atoms with van der Waals surface area (Å²) in [4.78, 5) is 24.7. The maximum absolute atomic E-state index is 11.8. The summed E-state index contributed by atoms with van der Waals surface area (Å²) in [6.07, 6.45) is 0.703. The second kappa shape index (κ2) is 5.40. The average Bonchev–Trinajstić information content (AvgIpc) is 2.61. The van der Waals surface area contributed by atoms with E-state index in [0.29, 0.717) is 24.4 Å². The first-order valence-electron chi connectivity index (χ1n) is 5.82. The number of likely N-dealkylation sites (tertiary alicyclic amines) is 1. The molecule has 5 heteroatoms. The smallest absolute Gasteiger partial charge is 0.224 e. The van der Waals surface area contributed by atoms with Gasteiger partial charge in [-0.25, -0.2) is 0 Å². The summed E-state index contributed by atoms with van der Waals surface area (Å²) in [5.41, 5.74) is 0.912. The van der Waals surface area contributed by atoms with Crippen LogP contribution >= 0.6 is 11.6 Å². The summed E-state index contributed by atoms with van der Waals surface area (Å²) in [5, 5.41) is 3.52. The molecule has 0 bridgehead atoms. The van der Waals surface area contributed by atoms with Crippen molar-refractivity contribution in [2.45, 2.75) is 18.9 Å². The number of benzene rings is 1. The van der Waals surface area contributed by atoms with Crippen molar-refractivity contribution in [2.24, 2.45) is 0 Å². The van der Waals surface area contributed by atoms with E-state index in [9.17, 15) is 9.59 Å². The normalized spacial score (nSPS) is 19.1. The van der Waals surface area contributed by atoms with Crippen LogP contribution in [0.3, 0.4) is 0 Å². The Morgan fingerprint density at radius 1 is 1.44 bits per heavy atom. The van der Waals surface area contributed by atoms with E-state index in [2.05, 4.69) is 5.32 Å². The summed E-state index contributed by atoms with van der Waals surface area (Å²) in [6.45, 7) is 0.588. The van der Waals surface area contributed by atoms with Gasteiger partial charge in [-0.05, 0) is 17.7 Å². The third-order valence-electron chi connectivity index (χ3n) is 2.98. The Labute approximate surface area is 111 Å². The Morgan fingerprint density at radius 3 is 2.67 bits per heavy atom. The van der Waals surface area contributed by atoms with E-state index < -0.39 is 0 Å². The number of nitrogens with zero attached hydrogens (tertiary/aromatic N) is 1. The Hall–Kier alpha value is -1.55. The monoisotopic (exact) mass is 266 g/mol. The van der Waals surface area contributed by atoms with Crippen molar-refractivity contribution >= 4 is 23.4 Å². The lowest BCUT2D eigenvalue weighted by molar-refractivity contribution is -0.126. The van der Waals surface area contributed by atoms with Crippen LogP contribution in [-0.2, 0) is 16.0 Å². The van der Waals surface area contributed by atoms with Crippen molar-refractivity contribution in [2.75, 3.05) is 13.6 Å². The first-order valence-corrected chi connectivity index (χ1v) is 6.20. The van der Waals surface area contributed by atoms with E-state index in [4.69, 9.17) is 11.6 Å². The first kappa shape index (κ1) is 12.9. The minimum atomic E-state index is -0.0673. The Morgan fingerprint density at radius 2 is 2.11 bits per heavy atom. The summed E-state index contributed by atoms with van der Waals surface area (Å²) >= 11 is 5.77. The number of hydrogen-bond donors (Lipinski definition) is 1. The average molecular weight is 267 g/mol. The third kappa shape index (κ3) is 3.23. The molecule has 1 fully saturated rings. The molecule has 18 heavy (non-hydrogen) atoms. The largest absolute Gasteiger partial charge is 0.351 e. The molecule has 1 aliphatic rings. The zero-order chi connectivity index (χ0) is 13.1. The number of nitrogens with one attached hydrogen (secondary N) is 1. The molecule has 1 aliphatic heterocycles. The summed E-state index contributed by atoms with van der Waals surface area (Å²) < 4.78 is 0. The molecule has 2 rings (SSSR count). The van der Waals surface area contributed by atoms with Gasteiger partial charge < -0.3 is 10.2 Å². The lowest BCUT2D eigenvalue weighted by Gasteiger charge is -2.12. The Kier molecular flexibility index (Phi) is 3.87. The van der Waals surface area contributed by atoms with Gasteiger partial charge in [-0.2, -0.15) is 0 Å². The van der Waals surface area contributed by atoms with Gasteiger partial charge >= 0.3 is 0 Å². The van der Waals surface area contributed by atoms with Crippen LogP contribution in [0.15, 0.2) is 24.3 Å². The molecule has 1 saturated heterocycles. The van der Waals surface area contributed by atoms with Crippen molar-refractivity contribution in [3.05, 3.63) is 34.9 Å². The van der Waals surface area contributed by atoms with Crippen LogP contribution in [-0.4, -0.2) is 36.3 Å². The quantitative estimate of drug-likeness (QED) is 0.895. The van der Waals surface area contributed by atoms with E-state index in [-0.39, 0.29) is 17.9 Å². The van der Waals surface area contributed by atoms with Crippen LogP contribution in [0.1, 0.15) is 12.0 Å². The molecule has 0 radical (unpaired) electrons. The highest BCUT2D eigenvalue weighted by Crippen LogP contribution is 2.11. The van der Waals surface area contributed by atoms with Crippen molar-refractivity contribution < 1.29 is 9.59 Å². The second-order valence-electron chi connectivity index (χ2n) is 4.55. The number of rotatable bonds is 3. The number of halogens is 1. The van der Waals surface area contributed by atoms with E-state index in [1.807, 2.05) is 12.1 Å². The van der Waals surface area contributed by atoms with Crippen LogP contribution in [0.25, 0.3) is 0 Å². The van der Waals surface area contributed by atoms with Crippen LogP contribution in [0.2, 0.25) is 5.02 Å². The molecule has 0 aromatic heterocycles. The predicted molar refractivity (Wildman–Crippen MR) is 69.3 cm³/mol. The van der Waals surface area contributed by atoms with E-state index >= 15 is 0 Å². The predicted octanol–water partition coefficient (Wildman–Crippen LogP) is 1.23. The fraction of sp³-hybridized carbons (Fsp3) is 0.385. The third-order valence-corrected chi connectivity index (χ3v) is 3.24. The van der Waals surface area contributed by atoms with Gasteiger partial charge in [0, 0.05) is 25.0 Å². The molecule has 1 aromatic rings. The van der Waals surface area contributed by atoms with Gasteiger partial charge in [0.1, 0.15) is 0 Å². The molecular weight excluding hydrogens is 252 g/mol. The highest BCUT2D eigenvalue weighted by Gasteiger charge is 2.27. The standard InChI is InChI=1S/C13H15ClN2O2/c1-16-8-11(7-13(16)18)15-12(17)6-9-2-4-10(14)5-3-9/h2-5,11H,6-8H2,1H3,(H,15,17). The topological polar surface area (TPSA) is 49.4 Å². The van der Waals surface area contributed by atoms with Gasteiger partial charge in [-0.15, -0.1) is 0 Å². The van der Waals surface area contributed by atoms with E-state index in [1.54, 1.807) is 24.1 Å². The minimum absolute atomic E-state index is 0.0644. The molecule has 4 nitrogen and oxygen atoms in total. The van der Waals surface area contributed by atoms with Crippen LogP contribution in [0.5, 0.6) is 0 Å². The summed E-state index contributed by atoms with van der Waals surface area (Å²) in [7, 11) is 1.74. The number of carbonyl (C=O) groups is 2. The minimum Gasteiger partial charge on any atom is -0.351 e. The zero-order valence-corrected chi connectivity index (χ0v) is 10.9. The molecule has 1 heterocycles. The maximum Gasteiger partial charge on any atom is 0.224 e. The number of carbonyl (C=O) groups excluding carboxylic acids is 2. The highest BCUT2D eigenvalue weighted by atomic mass is 35.5. The molecule has 1 atom stereocenters. The fourth-order valence-corrected chi connectivity index (χ4v) is 2.15. The number of likely N-dealkylation sites (N-methyl/N-ethyl adjacent to an activating group) is 1. The molecule has 1 N–H and O–H groups in total. The summed E-state index contributed by atoms with van der Waals surface area (Å²) in [5.74, 6) is 0.0113. The van der Waals surface area contributed by atoms with Crippen LogP contribution in [0, 0.1) is 0 Å². The molecule has 1 unspecified atom stereocenters. The summed E-state index contributed by atoms with van der Waals surface area (Å²) in [6, 6.07) is 7.11. The van der Waals surface area contributed by atoms with Gasteiger partial charge in [-0.1, -0.05) is 23.7 Å². The molecule has 0 aliphatic carbocycles. The zero-order valence-electron chi connectivity index (χ0n) is 10.1. The van der Waals surface area contributed by atoms with Crippen molar-refractivity contribution in [3.8, 4) is 0 Å². The van der Waals surface area contributed by atoms with Gasteiger partial charge in [0.2, 0.25) is 11.8 Å². The van der Waals surface area contributed by atoms with Gasteiger partial charge in [0.25, 0.3) is 0 Å². The number of hydrogen-bond acceptors (Lipinski definition) is 2. The fourth-order valence-electron chi connectivity index (χ4n) is 2.03.